The van der Waals surface area contributed by atoms with Crippen LogP contribution in [0.2, 0.25) is 0 Å². The zero-order valence-corrected chi connectivity index (χ0v) is 28.6. The van der Waals surface area contributed by atoms with Crippen molar-refractivity contribution in [2.45, 2.75) is 163 Å². The highest BCUT2D eigenvalue weighted by Crippen LogP contribution is 2.68. The van der Waals surface area contributed by atoms with Gasteiger partial charge in [-0.05, 0) is 152 Å². The summed E-state index contributed by atoms with van der Waals surface area (Å²) in [6.07, 6.45) is 11.6. The van der Waals surface area contributed by atoms with Gasteiger partial charge in [-0.3, -0.25) is 14.4 Å². The summed E-state index contributed by atoms with van der Waals surface area (Å²) in [4.78, 5) is 37.4. The molecule has 0 heterocycles. The van der Waals surface area contributed by atoms with Gasteiger partial charge >= 0.3 is 17.9 Å². The lowest BCUT2D eigenvalue weighted by Gasteiger charge is -2.61. The van der Waals surface area contributed by atoms with Gasteiger partial charge in [0, 0.05) is 6.42 Å². The second kappa shape index (κ2) is 12.6. The summed E-state index contributed by atoms with van der Waals surface area (Å²) in [7, 11) is 0. The van der Waals surface area contributed by atoms with Gasteiger partial charge in [-0.1, -0.05) is 20.8 Å². The van der Waals surface area contributed by atoms with Gasteiger partial charge in [-0.2, -0.15) is 0 Å². The highest BCUT2D eigenvalue weighted by molar-refractivity contribution is 5.82. The third kappa shape index (κ3) is 7.79. The summed E-state index contributed by atoms with van der Waals surface area (Å²) in [5.74, 6) is 2.98. The molecule has 4 rings (SSSR count). The zero-order chi connectivity index (χ0) is 32.0. The molecule has 0 aromatic carbocycles. The summed E-state index contributed by atoms with van der Waals surface area (Å²) < 4.78 is 16.8. The zero-order valence-electron chi connectivity index (χ0n) is 28.6. The second-order valence-corrected chi connectivity index (χ2v) is 17.2. The number of nitrogens with two attached hydrogens (primary N) is 1. The van der Waals surface area contributed by atoms with Crippen LogP contribution >= 0.6 is 0 Å². The van der Waals surface area contributed by atoms with Crippen LogP contribution in [0.1, 0.15) is 139 Å². The molecule has 0 aliphatic heterocycles. The molecule has 8 unspecified atom stereocenters. The Morgan fingerprint density at radius 2 is 1.42 bits per heavy atom. The quantitative estimate of drug-likeness (QED) is 0.228. The van der Waals surface area contributed by atoms with E-state index in [1.54, 1.807) is 20.8 Å². The minimum absolute atomic E-state index is 0.0692. The Kier molecular flexibility index (Phi) is 10.1. The third-order valence-electron chi connectivity index (χ3n) is 12.0. The van der Waals surface area contributed by atoms with Crippen LogP contribution in [0.15, 0.2) is 0 Å². The predicted octanol–water partition coefficient (Wildman–Crippen LogP) is 7.37. The molecule has 7 nitrogen and oxygen atoms in total. The number of carbonyl (C=O) groups excluding carboxylic acids is 3. The lowest BCUT2D eigenvalue weighted by Crippen LogP contribution is -2.54. The fraction of sp³-hybridized carbons (Fsp3) is 0.917. The van der Waals surface area contributed by atoms with E-state index in [0.29, 0.717) is 29.6 Å². The normalized spacial score (nSPS) is 37.3. The van der Waals surface area contributed by atoms with E-state index in [4.69, 9.17) is 19.9 Å². The minimum Gasteiger partial charge on any atom is -0.461 e. The molecular weight excluding hydrogens is 542 g/mol. The van der Waals surface area contributed by atoms with E-state index in [2.05, 4.69) is 20.8 Å². The molecule has 10 atom stereocenters. The van der Waals surface area contributed by atoms with Crippen LogP contribution in [-0.4, -0.2) is 41.3 Å². The van der Waals surface area contributed by atoms with E-state index in [1.807, 2.05) is 20.8 Å². The van der Waals surface area contributed by atoms with Crippen molar-refractivity contribution in [2.24, 2.45) is 52.1 Å². The molecule has 7 heteroatoms. The van der Waals surface area contributed by atoms with Crippen LogP contribution in [0.4, 0.5) is 0 Å². The van der Waals surface area contributed by atoms with Gasteiger partial charge in [-0.15, -0.1) is 0 Å². The number of rotatable bonds is 8. The van der Waals surface area contributed by atoms with E-state index >= 15 is 0 Å². The average Bonchev–Trinajstić information content (AvgIpc) is 3.22. The molecule has 4 fully saturated rings. The number of fused-ring (bicyclic) bond motifs is 5. The number of hydrogen-bond acceptors (Lipinski definition) is 7. The summed E-state index contributed by atoms with van der Waals surface area (Å²) in [5, 5.41) is 0. The van der Waals surface area contributed by atoms with Crippen molar-refractivity contribution in [1.82, 2.24) is 0 Å². The highest BCUT2D eigenvalue weighted by Gasteiger charge is 2.60. The standard InChI is InChI=1S/C36H61NO6/c1-22(10-15-30(38)42-33(2,3)4)26-13-14-27-25-12-11-23-20-24(16-18-35(23,8)28(25)17-19-36(26,27)9)41-32(40)29(37)21-31(39)43-34(5,6)7/h22-29H,10-21,37H2,1-9H3/t22?,23?,24?,25?,26?,27?,28?,29?,35-,36+/m0/s1. The van der Waals surface area contributed by atoms with E-state index < -0.39 is 29.2 Å². The van der Waals surface area contributed by atoms with Crippen molar-refractivity contribution < 1.29 is 28.6 Å². The molecule has 0 spiro atoms. The molecule has 0 aromatic heterocycles. The van der Waals surface area contributed by atoms with Gasteiger partial charge in [-0.25, -0.2) is 0 Å². The fourth-order valence-electron chi connectivity index (χ4n) is 10.1. The first-order chi connectivity index (χ1) is 19.8. The van der Waals surface area contributed by atoms with Crippen molar-refractivity contribution in [3.63, 3.8) is 0 Å². The molecule has 0 radical (unpaired) electrons. The Morgan fingerprint density at radius 3 is 2.07 bits per heavy atom. The second-order valence-electron chi connectivity index (χ2n) is 17.2. The van der Waals surface area contributed by atoms with Crippen molar-refractivity contribution in [1.29, 1.82) is 0 Å². The van der Waals surface area contributed by atoms with E-state index in [9.17, 15) is 14.4 Å². The van der Waals surface area contributed by atoms with Crippen molar-refractivity contribution >= 4 is 17.9 Å². The highest BCUT2D eigenvalue weighted by atomic mass is 16.6. The van der Waals surface area contributed by atoms with Crippen LogP contribution in [0.5, 0.6) is 0 Å². The number of ether oxygens (including phenoxy) is 3. The molecule has 246 valence electrons. The summed E-state index contributed by atoms with van der Waals surface area (Å²) in [6.45, 7) is 18.7. The van der Waals surface area contributed by atoms with Crippen molar-refractivity contribution in [3.05, 3.63) is 0 Å². The summed E-state index contributed by atoms with van der Waals surface area (Å²) in [5.41, 5.74) is 5.66. The van der Waals surface area contributed by atoms with Gasteiger partial charge in [0.25, 0.3) is 0 Å². The Bertz CT molecular complexity index is 1030. The lowest BCUT2D eigenvalue weighted by molar-refractivity contribution is -0.167. The molecule has 4 saturated carbocycles. The summed E-state index contributed by atoms with van der Waals surface area (Å²) >= 11 is 0. The van der Waals surface area contributed by atoms with Crippen LogP contribution in [0, 0.1) is 46.3 Å². The Morgan fingerprint density at radius 1 is 0.814 bits per heavy atom. The van der Waals surface area contributed by atoms with Crippen LogP contribution in [0.3, 0.4) is 0 Å². The molecule has 4 aliphatic carbocycles. The topological polar surface area (TPSA) is 105 Å². The Labute approximate surface area is 261 Å². The molecule has 0 aromatic rings. The maximum atomic E-state index is 12.8. The van der Waals surface area contributed by atoms with Crippen molar-refractivity contribution in [3.8, 4) is 0 Å². The van der Waals surface area contributed by atoms with Gasteiger partial charge in [0.05, 0.1) is 6.42 Å². The smallest absolute Gasteiger partial charge is 0.323 e. The number of hydrogen-bond donors (Lipinski definition) is 1. The number of carbonyl (C=O) groups is 3. The Hall–Kier alpha value is -1.63. The molecule has 4 aliphatic rings. The maximum Gasteiger partial charge on any atom is 0.323 e. The first-order valence-corrected chi connectivity index (χ1v) is 17.2. The van der Waals surface area contributed by atoms with E-state index in [1.165, 1.54) is 38.5 Å². The first-order valence-electron chi connectivity index (χ1n) is 17.2. The SMILES string of the molecule is CC(CCC(=O)OC(C)(C)C)C1CCC2C3CCC4CC(OC(=O)C(N)CC(=O)OC(C)(C)C)CC[C@]4(C)C3CC[C@]12C. The largest absolute Gasteiger partial charge is 0.461 e. The van der Waals surface area contributed by atoms with E-state index in [-0.39, 0.29) is 23.9 Å². The molecular formula is C36H61NO6. The predicted molar refractivity (Wildman–Crippen MR) is 168 cm³/mol. The summed E-state index contributed by atoms with van der Waals surface area (Å²) in [6, 6.07) is -0.989. The van der Waals surface area contributed by atoms with E-state index in [0.717, 1.165) is 43.4 Å². The molecule has 0 saturated heterocycles. The maximum absolute atomic E-state index is 12.8. The van der Waals surface area contributed by atoms with Gasteiger partial charge in [0.2, 0.25) is 0 Å². The van der Waals surface area contributed by atoms with Crippen LogP contribution in [0.25, 0.3) is 0 Å². The van der Waals surface area contributed by atoms with Gasteiger partial charge < -0.3 is 19.9 Å². The Balaban J connectivity index is 1.32. The molecule has 2 N–H and O–H groups in total. The monoisotopic (exact) mass is 603 g/mol. The van der Waals surface area contributed by atoms with Gasteiger partial charge in [0.1, 0.15) is 23.3 Å². The molecule has 0 amide bonds. The number of esters is 3. The van der Waals surface area contributed by atoms with Crippen LogP contribution in [-0.2, 0) is 28.6 Å². The fourth-order valence-corrected chi connectivity index (χ4v) is 10.1. The molecule has 0 bridgehead atoms. The first kappa shape index (κ1) is 34.2. The molecule has 43 heavy (non-hydrogen) atoms. The average molecular weight is 604 g/mol. The van der Waals surface area contributed by atoms with Crippen molar-refractivity contribution in [2.75, 3.05) is 0 Å². The third-order valence-corrected chi connectivity index (χ3v) is 12.0. The lowest BCUT2D eigenvalue weighted by atomic mass is 9.44. The van der Waals surface area contributed by atoms with Gasteiger partial charge in [0.15, 0.2) is 0 Å². The van der Waals surface area contributed by atoms with Crippen LogP contribution < -0.4 is 5.73 Å². The minimum atomic E-state index is -0.989.